The topological polar surface area (TPSA) is 69.6 Å². The molecule has 16 heavy (non-hydrogen) atoms. The zero-order chi connectivity index (χ0) is 12.3. The van der Waals surface area contributed by atoms with Crippen LogP contribution in [0.3, 0.4) is 0 Å². The van der Waals surface area contributed by atoms with Crippen LogP contribution in [0.25, 0.3) is 0 Å². The van der Waals surface area contributed by atoms with E-state index < -0.39 is 11.6 Å². The third-order valence-electron chi connectivity index (χ3n) is 2.35. The number of carbonyl (C=O) groups is 1. The fourth-order valence-corrected chi connectivity index (χ4v) is 1.51. The largest absolute Gasteiger partial charge is 0.479 e. The number of carboxylic acid groups (broad SMARTS) is 1. The third kappa shape index (κ3) is 2.96. The highest BCUT2D eigenvalue weighted by Crippen LogP contribution is 2.23. The van der Waals surface area contributed by atoms with Crippen molar-refractivity contribution in [3.63, 3.8) is 0 Å². The lowest BCUT2D eigenvalue weighted by molar-refractivity contribution is -0.155. The minimum atomic E-state index is -1.77. The fourth-order valence-electron chi connectivity index (χ4n) is 1.14. The van der Waals surface area contributed by atoms with Crippen molar-refractivity contribution in [2.75, 3.05) is 11.9 Å². The molecule has 0 heterocycles. The van der Waals surface area contributed by atoms with E-state index in [0.717, 1.165) is 15.7 Å². The second kappa shape index (κ2) is 4.84. The lowest BCUT2D eigenvalue weighted by Gasteiger charge is -2.20. The molecule has 0 aliphatic rings. The summed E-state index contributed by atoms with van der Waals surface area (Å²) in [7, 11) is 0. The highest BCUT2D eigenvalue weighted by Gasteiger charge is 2.29. The summed E-state index contributed by atoms with van der Waals surface area (Å²) in [5, 5.41) is 21.2. The summed E-state index contributed by atoms with van der Waals surface area (Å²) in [4.78, 5) is 10.7. The molecular weight excluding hydrogens is 274 g/mol. The van der Waals surface area contributed by atoms with Gasteiger partial charge in [0.2, 0.25) is 0 Å². The number of carboxylic acids is 1. The number of nitrogens with one attached hydrogen (secondary N) is 1. The van der Waals surface area contributed by atoms with Crippen LogP contribution in [0.5, 0.6) is 0 Å². The Balaban J connectivity index is 2.76. The SMILES string of the molecule is Cc1c(Br)cccc1NCC(C)(O)C(=O)O. The molecular formula is C11H14BrNO3. The molecule has 0 aromatic heterocycles. The van der Waals surface area contributed by atoms with Crippen molar-refractivity contribution in [2.24, 2.45) is 0 Å². The molecule has 1 unspecified atom stereocenters. The van der Waals surface area contributed by atoms with E-state index in [1.54, 1.807) is 0 Å². The quantitative estimate of drug-likeness (QED) is 0.792. The number of rotatable bonds is 4. The molecule has 0 aliphatic heterocycles. The maximum Gasteiger partial charge on any atom is 0.337 e. The summed E-state index contributed by atoms with van der Waals surface area (Å²) in [6.07, 6.45) is 0. The molecule has 1 aromatic rings. The van der Waals surface area contributed by atoms with Crippen molar-refractivity contribution in [3.05, 3.63) is 28.2 Å². The maximum absolute atomic E-state index is 10.7. The van der Waals surface area contributed by atoms with Crippen molar-refractivity contribution < 1.29 is 15.0 Å². The monoisotopic (exact) mass is 287 g/mol. The van der Waals surface area contributed by atoms with Gasteiger partial charge in [-0.25, -0.2) is 4.79 Å². The molecule has 3 N–H and O–H groups in total. The summed E-state index contributed by atoms with van der Waals surface area (Å²) in [6, 6.07) is 5.57. The van der Waals surface area contributed by atoms with Crippen LogP contribution in [-0.2, 0) is 4.79 Å². The lowest BCUT2D eigenvalue weighted by atomic mass is 10.1. The van der Waals surface area contributed by atoms with Gasteiger partial charge in [-0.15, -0.1) is 0 Å². The second-order valence-corrected chi connectivity index (χ2v) is 4.70. The first-order valence-electron chi connectivity index (χ1n) is 4.79. The van der Waals surface area contributed by atoms with Crippen molar-refractivity contribution >= 4 is 27.6 Å². The minimum absolute atomic E-state index is 0.0420. The Morgan fingerprint density at radius 3 is 2.75 bits per heavy atom. The molecule has 1 aromatic carbocycles. The van der Waals surface area contributed by atoms with Gasteiger partial charge in [0.05, 0.1) is 6.54 Å². The summed E-state index contributed by atoms with van der Waals surface area (Å²) < 4.78 is 0.937. The molecule has 0 radical (unpaired) electrons. The van der Waals surface area contributed by atoms with Gasteiger partial charge >= 0.3 is 5.97 Å². The summed E-state index contributed by atoms with van der Waals surface area (Å²) >= 11 is 3.38. The molecule has 0 amide bonds. The molecule has 0 saturated heterocycles. The van der Waals surface area contributed by atoms with Crippen LogP contribution in [0.2, 0.25) is 0 Å². The van der Waals surface area contributed by atoms with Crippen LogP contribution in [0, 0.1) is 6.92 Å². The van der Waals surface area contributed by atoms with Gasteiger partial charge in [0.15, 0.2) is 5.60 Å². The summed E-state index contributed by atoms with van der Waals surface area (Å²) in [5.41, 5.74) is 0.00831. The number of hydrogen-bond donors (Lipinski definition) is 3. The Labute approximate surface area is 102 Å². The molecule has 0 bridgehead atoms. The van der Waals surface area contributed by atoms with Crippen molar-refractivity contribution in [3.8, 4) is 0 Å². The number of aliphatic hydroxyl groups is 1. The van der Waals surface area contributed by atoms with E-state index >= 15 is 0 Å². The van der Waals surface area contributed by atoms with Crippen LogP contribution < -0.4 is 5.32 Å². The predicted molar refractivity (Wildman–Crippen MR) is 65.6 cm³/mol. The zero-order valence-corrected chi connectivity index (χ0v) is 10.7. The second-order valence-electron chi connectivity index (χ2n) is 3.84. The van der Waals surface area contributed by atoms with Gasteiger partial charge < -0.3 is 15.5 Å². The first kappa shape index (κ1) is 13.0. The number of anilines is 1. The predicted octanol–water partition coefficient (Wildman–Crippen LogP) is 2.01. The van der Waals surface area contributed by atoms with Gasteiger partial charge in [0.25, 0.3) is 0 Å². The van der Waals surface area contributed by atoms with E-state index in [0.29, 0.717) is 0 Å². The van der Waals surface area contributed by atoms with E-state index in [1.807, 2.05) is 25.1 Å². The Bertz CT molecular complexity index is 404. The summed E-state index contributed by atoms with van der Waals surface area (Å²) in [6.45, 7) is 3.12. The molecule has 88 valence electrons. The maximum atomic E-state index is 10.7. The first-order valence-corrected chi connectivity index (χ1v) is 5.58. The van der Waals surface area contributed by atoms with E-state index in [9.17, 15) is 9.90 Å². The Morgan fingerprint density at radius 1 is 1.56 bits per heavy atom. The molecule has 0 fully saturated rings. The molecule has 1 atom stereocenters. The number of hydrogen-bond acceptors (Lipinski definition) is 3. The minimum Gasteiger partial charge on any atom is -0.479 e. The van der Waals surface area contributed by atoms with E-state index in [2.05, 4.69) is 21.2 Å². The highest BCUT2D eigenvalue weighted by molar-refractivity contribution is 9.10. The number of halogens is 1. The molecule has 1 rings (SSSR count). The fraction of sp³-hybridized carbons (Fsp3) is 0.364. The van der Waals surface area contributed by atoms with Gasteiger partial charge in [-0.3, -0.25) is 0 Å². The molecule has 4 nitrogen and oxygen atoms in total. The number of aliphatic carboxylic acids is 1. The molecule has 0 aliphatic carbocycles. The highest BCUT2D eigenvalue weighted by atomic mass is 79.9. The average Bonchev–Trinajstić information content (AvgIpc) is 2.20. The molecule has 5 heteroatoms. The smallest absolute Gasteiger partial charge is 0.337 e. The third-order valence-corrected chi connectivity index (χ3v) is 3.21. The van der Waals surface area contributed by atoms with Crippen LogP contribution in [0.4, 0.5) is 5.69 Å². The summed E-state index contributed by atoms with van der Waals surface area (Å²) in [5.74, 6) is -1.24. The van der Waals surface area contributed by atoms with E-state index in [-0.39, 0.29) is 6.54 Å². The van der Waals surface area contributed by atoms with Gasteiger partial charge in [0.1, 0.15) is 0 Å². The van der Waals surface area contributed by atoms with Crippen molar-refractivity contribution in [1.29, 1.82) is 0 Å². The molecule has 0 spiro atoms. The lowest BCUT2D eigenvalue weighted by Crippen LogP contribution is -2.41. The van der Waals surface area contributed by atoms with E-state index in [1.165, 1.54) is 6.92 Å². The van der Waals surface area contributed by atoms with Crippen LogP contribution in [0.1, 0.15) is 12.5 Å². The number of benzene rings is 1. The van der Waals surface area contributed by atoms with Gasteiger partial charge in [0, 0.05) is 10.2 Å². The van der Waals surface area contributed by atoms with E-state index in [4.69, 9.17) is 5.11 Å². The standard InChI is InChI=1S/C11H14BrNO3/c1-7-8(12)4-3-5-9(7)13-6-11(2,16)10(14)15/h3-5,13,16H,6H2,1-2H3,(H,14,15). The van der Waals surface area contributed by atoms with Crippen molar-refractivity contribution in [1.82, 2.24) is 0 Å². The normalized spacial score (nSPS) is 14.2. The first-order chi connectivity index (χ1) is 7.34. The van der Waals surface area contributed by atoms with Gasteiger partial charge in [-0.1, -0.05) is 22.0 Å². The molecule has 0 saturated carbocycles. The van der Waals surface area contributed by atoms with Crippen LogP contribution in [0.15, 0.2) is 22.7 Å². The zero-order valence-electron chi connectivity index (χ0n) is 9.12. The van der Waals surface area contributed by atoms with Crippen molar-refractivity contribution in [2.45, 2.75) is 19.4 Å². The van der Waals surface area contributed by atoms with Crippen LogP contribution in [-0.4, -0.2) is 28.3 Å². The Morgan fingerprint density at radius 2 is 2.19 bits per heavy atom. The average molecular weight is 288 g/mol. The van der Waals surface area contributed by atoms with Crippen LogP contribution >= 0.6 is 15.9 Å². The van der Waals surface area contributed by atoms with Gasteiger partial charge in [-0.05, 0) is 31.5 Å². The Kier molecular flexibility index (Phi) is 3.93. The Hall–Kier alpha value is -1.07. The van der Waals surface area contributed by atoms with Gasteiger partial charge in [-0.2, -0.15) is 0 Å².